The van der Waals surface area contributed by atoms with E-state index in [0.29, 0.717) is 12.0 Å². The van der Waals surface area contributed by atoms with Crippen molar-refractivity contribution in [3.8, 4) is 0 Å². The second-order valence-corrected chi connectivity index (χ2v) is 6.37. The van der Waals surface area contributed by atoms with Gasteiger partial charge >= 0.3 is 0 Å². The Balaban J connectivity index is 1.75. The van der Waals surface area contributed by atoms with E-state index < -0.39 is 0 Å². The Morgan fingerprint density at radius 1 is 1.20 bits per heavy atom. The summed E-state index contributed by atoms with van der Waals surface area (Å²) in [6.45, 7) is 4.16. The van der Waals surface area contributed by atoms with Gasteiger partial charge in [0.05, 0.1) is 5.52 Å². The molecule has 0 radical (unpaired) electrons. The summed E-state index contributed by atoms with van der Waals surface area (Å²) in [7, 11) is 0. The molecule has 2 aliphatic rings. The van der Waals surface area contributed by atoms with Crippen molar-refractivity contribution in [3.05, 3.63) is 36.0 Å². The van der Waals surface area contributed by atoms with Crippen LogP contribution < -0.4 is 10.6 Å². The fourth-order valence-electron chi connectivity index (χ4n) is 3.62. The Kier molecular flexibility index (Phi) is 2.71. The van der Waals surface area contributed by atoms with Crippen LogP contribution >= 0.6 is 0 Å². The van der Waals surface area contributed by atoms with Gasteiger partial charge in [-0.2, -0.15) is 0 Å². The summed E-state index contributed by atoms with van der Waals surface area (Å²) in [5, 5.41) is 1.25. The van der Waals surface area contributed by atoms with Crippen molar-refractivity contribution in [1.29, 1.82) is 0 Å². The Morgan fingerprint density at radius 3 is 2.80 bits per heavy atom. The number of aromatic nitrogens is 1. The Labute approximate surface area is 119 Å². The topological polar surface area (TPSA) is 42.1 Å². The number of nitrogens with two attached hydrogens (primary N) is 1. The molecule has 0 bridgehead atoms. The zero-order chi connectivity index (χ0) is 13.7. The summed E-state index contributed by atoms with van der Waals surface area (Å²) < 4.78 is 0. The number of para-hydroxylation sites is 1. The number of benzene rings is 1. The van der Waals surface area contributed by atoms with E-state index in [9.17, 15) is 0 Å². The van der Waals surface area contributed by atoms with Crippen LogP contribution in [0.1, 0.15) is 18.5 Å². The third kappa shape index (κ3) is 1.97. The fraction of sp³-hybridized carbons (Fsp3) is 0.471. The lowest BCUT2D eigenvalue weighted by molar-refractivity contribution is 0.456. The van der Waals surface area contributed by atoms with Crippen LogP contribution in [0.4, 0.5) is 5.69 Å². The number of aryl methyl sites for hydroxylation is 1. The minimum atomic E-state index is 0.328. The van der Waals surface area contributed by atoms with Crippen LogP contribution in [0, 0.1) is 18.8 Å². The molecule has 2 heterocycles. The van der Waals surface area contributed by atoms with Gasteiger partial charge in [0.25, 0.3) is 0 Å². The summed E-state index contributed by atoms with van der Waals surface area (Å²) in [4.78, 5) is 7.11. The van der Waals surface area contributed by atoms with Crippen molar-refractivity contribution in [2.24, 2.45) is 17.6 Å². The van der Waals surface area contributed by atoms with Crippen molar-refractivity contribution in [2.75, 3.05) is 18.0 Å². The monoisotopic (exact) mass is 267 g/mol. The standard InChI is InChI=1S/C17H21N3/c1-11-8-17(13-4-2-3-5-16(13)19-11)20-9-14(12-6-7-12)15(18)10-20/h2-5,8,12,14-15H,6-7,9-10,18H2,1H3/t14-,15+/m1/s1. The maximum atomic E-state index is 6.37. The number of anilines is 1. The predicted octanol–water partition coefficient (Wildman–Crippen LogP) is 2.72. The number of nitrogens with zero attached hydrogens (tertiary/aromatic N) is 2. The highest BCUT2D eigenvalue weighted by atomic mass is 15.2. The number of rotatable bonds is 2. The van der Waals surface area contributed by atoms with Crippen molar-refractivity contribution in [2.45, 2.75) is 25.8 Å². The van der Waals surface area contributed by atoms with E-state index in [1.165, 1.54) is 23.9 Å². The molecule has 2 atom stereocenters. The van der Waals surface area contributed by atoms with E-state index >= 15 is 0 Å². The lowest BCUT2D eigenvalue weighted by Crippen LogP contribution is -2.30. The molecule has 104 valence electrons. The smallest absolute Gasteiger partial charge is 0.0726 e. The summed E-state index contributed by atoms with van der Waals surface area (Å²) in [5.41, 5.74) is 9.86. The van der Waals surface area contributed by atoms with Crippen LogP contribution in [0.5, 0.6) is 0 Å². The predicted molar refractivity (Wildman–Crippen MR) is 82.9 cm³/mol. The molecule has 2 aromatic rings. The van der Waals surface area contributed by atoms with Gasteiger partial charge in [-0.1, -0.05) is 18.2 Å². The van der Waals surface area contributed by atoms with Gasteiger partial charge in [0.2, 0.25) is 0 Å². The maximum Gasteiger partial charge on any atom is 0.0726 e. The van der Waals surface area contributed by atoms with Crippen LogP contribution in [0.25, 0.3) is 10.9 Å². The highest BCUT2D eigenvalue weighted by Crippen LogP contribution is 2.42. The van der Waals surface area contributed by atoms with Gasteiger partial charge in [-0.05, 0) is 43.7 Å². The quantitative estimate of drug-likeness (QED) is 0.909. The summed E-state index contributed by atoms with van der Waals surface area (Å²) in [6, 6.07) is 11.0. The van der Waals surface area contributed by atoms with Crippen molar-refractivity contribution < 1.29 is 0 Å². The van der Waals surface area contributed by atoms with Crippen LogP contribution in [0.15, 0.2) is 30.3 Å². The first-order valence-electron chi connectivity index (χ1n) is 7.59. The molecule has 0 unspecified atom stereocenters. The van der Waals surface area contributed by atoms with E-state index in [0.717, 1.165) is 30.2 Å². The Morgan fingerprint density at radius 2 is 2.00 bits per heavy atom. The van der Waals surface area contributed by atoms with E-state index in [1.807, 2.05) is 0 Å². The summed E-state index contributed by atoms with van der Waals surface area (Å²) in [5.74, 6) is 1.56. The molecule has 1 aliphatic carbocycles. The SMILES string of the molecule is Cc1cc(N2C[C@H](C3CC3)[C@@H](N)C2)c2ccccc2n1. The van der Waals surface area contributed by atoms with E-state index in [2.05, 4.69) is 47.1 Å². The van der Waals surface area contributed by atoms with Gasteiger partial charge in [0.1, 0.15) is 0 Å². The maximum absolute atomic E-state index is 6.37. The molecule has 1 aliphatic heterocycles. The number of pyridine rings is 1. The van der Waals surface area contributed by atoms with Gasteiger partial charge in [-0.15, -0.1) is 0 Å². The normalized spacial score (nSPS) is 26.4. The zero-order valence-electron chi connectivity index (χ0n) is 11.9. The minimum absolute atomic E-state index is 0.328. The van der Waals surface area contributed by atoms with Crippen LogP contribution in [0.3, 0.4) is 0 Å². The molecule has 3 heteroatoms. The highest BCUT2D eigenvalue weighted by Gasteiger charge is 2.41. The summed E-state index contributed by atoms with van der Waals surface area (Å²) >= 11 is 0. The number of hydrogen-bond acceptors (Lipinski definition) is 3. The molecule has 1 saturated carbocycles. The van der Waals surface area contributed by atoms with Crippen molar-refractivity contribution >= 4 is 16.6 Å². The van der Waals surface area contributed by atoms with Crippen molar-refractivity contribution in [3.63, 3.8) is 0 Å². The molecule has 1 aromatic heterocycles. The molecule has 0 amide bonds. The molecule has 0 spiro atoms. The van der Waals surface area contributed by atoms with Crippen molar-refractivity contribution in [1.82, 2.24) is 4.98 Å². The Hall–Kier alpha value is -1.61. The highest BCUT2D eigenvalue weighted by molar-refractivity contribution is 5.92. The minimum Gasteiger partial charge on any atom is -0.369 e. The van der Waals surface area contributed by atoms with Gasteiger partial charge in [-0.3, -0.25) is 4.98 Å². The third-order valence-electron chi connectivity index (χ3n) is 4.80. The van der Waals surface area contributed by atoms with E-state index in [-0.39, 0.29) is 0 Å². The summed E-state index contributed by atoms with van der Waals surface area (Å²) in [6.07, 6.45) is 2.75. The number of hydrogen-bond donors (Lipinski definition) is 1. The lowest BCUT2D eigenvalue weighted by Gasteiger charge is -2.21. The van der Waals surface area contributed by atoms with E-state index in [4.69, 9.17) is 5.73 Å². The largest absolute Gasteiger partial charge is 0.369 e. The van der Waals surface area contributed by atoms with Crippen LogP contribution in [-0.2, 0) is 0 Å². The lowest BCUT2D eigenvalue weighted by atomic mass is 9.99. The average molecular weight is 267 g/mol. The average Bonchev–Trinajstić information content (AvgIpc) is 3.21. The Bertz CT molecular complexity index is 648. The fourth-order valence-corrected chi connectivity index (χ4v) is 3.62. The first-order valence-corrected chi connectivity index (χ1v) is 7.59. The third-order valence-corrected chi connectivity index (χ3v) is 4.80. The molecule has 3 nitrogen and oxygen atoms in total. The second kappa shape index (κ2) is 4.45. The van der Waals surface area contributed by atoms with E-state index in [1.54, 1.807) is 0 Å². The molecule has 20 heavy (non-hydrogen) atoms. The molecule has 4 rings (SSSR count). The molecule has 1 saturated heterocycles. The van der Waals surface area contributed by atoms with Crippen LogP contribution in [0.2, 0.25) is 0 Å². The molecule has 2 N–H and O–H groups in total. The first-order chi connectivity index (χ1) is 9.72. The van der Waals surface area contributed by atoms with Gasteiger partial charge in [0.15, 0.2) is 0 Å². The van der Waals surface area contributed by atoms with Crippen LogP contribution in [-0.4, -0.2) is 24.1 Å². The van der Waals surface area contributed by atoms with Gasteiger partial charge in [-0.25, -0.2) is 0 Å². The molecular formula is C17H21N3. The molecule has 1 aromatic carbocycles. The van der Waals surface area contributed by atoms with Gasteiger partial charge < -0.3 is 10.6 Å². The second-order valence-electron chi connectivity index (χ2n) is 6.37. The number of fused-ring (bicyclic) bond motifs is 1. The molecule has 2 fully saturated rings. The molecular weight excluding hydrogens is 246 g/mol. The first kappa shape index (κ1) is 12.2. The van der Waals surface area contributed by atoms with Gasteiger partial charge in [0, 0.05) is 35.9 Å². The zero-order valence-corrected chi connectivity index (χ0v) is 11.9.